The summed E-state index contributed by atoms with van der Waals surface area (Å²) in [5, 5.41) is 2.60. The van der Waals surface area contributed by atoms with E-state index in [0.717, 1.165) is 38.5 Å². The van der Waals surface area contributed by atoms with Crippen molar-refractivity contribution in [1.82, 2.24) is 25.0 Å². The van der Waals surface area contributed by atoms with Crippen LogP contribution in [0.2, 0.25) is 0 Å². The highest BCUT2D eigenvalue weighted by Gasteiger charge is 2.46. The third kappa shape index (κ3) is 32.1. The summed E-state index contributed by atoms with van der Waals surface area (Å²) >= 11 is 0. The average molecular weight is 1160 g/mol. The molecule has 1 amide bonds. The van der Waals surface area contributed by atoms with Crippen molar-refractivity contribution in [3.8, 4) is 5.75 Å². The van der Waals surface area contributed by atoms with Gasteiger partial charge in [-0.05, 0) is 51.9 Å². The highest BCUT2D eigenvalue weighted by molar-refractivity contribution is 7.47. The van der Waals surface area contributed by atoms with E-state index in [2.05, 4.69) is 19.2 Å². The molecule has 3 rings (SSSR count). The number of hydrogen-bond acceptors (Lipinski definition) is 17. The van der Waals surface area contributed by atoms with Gasteiger partial charge in [0.15, 0.2) is 12.7 Å². The maximum atomic E-state index is 13.4. The van der Waals surface area contributed by atoms with Gasteiger partial charge >= 0.3 is 25.7 Å². The molecule has 19 nitrogen and oxygen atoms in total. The maximum Gasteiger partial charge on any atom is 0.472 e. The largest absolute Gasteiger partial charge is 0.482 e. The second-order valence-corrected chi connectivity index (χ2v) is 24.5. The minimum atomic E-state index is -4.74. The number of Topliss-reactive ketones (excluding diaryl/α,β-unsaturated/α-hetero) is 2. The monoisotopic (exact) mass is 1160 g/mol. The number of phosphoric ester groups is 1. The van der Waals surface area contributed by atoms with Crippen LogP contribution in [0, 0.1) is 5.92 Å². The summed E-state index contributed by atoms with van der Waals surface area (Å²) < 4.78 is 45.7. The number of hydrogen-bond donors (Lipinski definition) is 2. The first kappa shape index (κ1) is 71.4. The minimum Gasteiger partial charge on any atom is -0.482 e. The van der Waals surface area contributed by atoms with E-state index in [1.807, 2.05) is 35.7 Å². The number of ketones is 2. The predicted octanol–water partition coefficient (Wildman–Crippen LogP) is 10.8. The third-order valence-corrected chi connectivity index (χ3v) is 16.5. The van der Waals surface area contributed by atoms with Crippen LogP contribution < -0.4 is 10.1 Å². The van der Waals surface area contributed by atoms with Crippen molar-refractivity contribution >= 4 is 43.2 Å². The van der Waals surface area contributed by atoms with E-state index in [9.17, 15) is 38.2 Å². The molecule has 1 aromatic rings. The topological polar surface area (TPSA) is 230 Å². The van der Waals surface area contributed by atoms with Gasteiger partial charge in [0.2, 0.25) is 0 Å². The van der Waals surface area contributed by atoms with Crippen LogP contribution in [0.4, 0.5) is 0 Å². The van der Waals surface area contributed by atoms with Crippen LogP contribution in [0.5, 0.6) is 5.75 Å². The Morgan fingerprint density at radius 3 is 1.72 bits per heavy atom. The van der Waals surface area contributed by atoms with E-state index >= 15 is 0 Å². The zero-order chi connectivity index (χ0) is 59.1. The molecule has 0 radical (unpaired) electrons. The number of nitrogens with zero attached hydrogens (tertiary/aromatic N) is 4. The second-order valence-electron chi connectivity index (χ2n) is 23.1. The minimum absolute atomic E-state index is 0.00112. The Morgan fingerprint density at radius 1 is 0.679 bits per heavy atom. The molecule has 2 aliphatic rings. The van der Waals surface area contributed by atoms with Crippen LogP contribution in [0.25, 0.3) is 0 Å². The molecular formula is C61H106N5O14P. The summed E-state index contributed by atoms with van der Waals surface area (Å²) in [7, 11) is 0.200. The zero-order valence-electron chi connectivity index (χ0n) is 50.8. The first-order chi connectivity index (χ1) is 39.0. The van der Waals surface area contributed by atoms with Crippen LogP contribution in [-0.4, -0.2) is 152 Å². The second kappa shape index (κ2) is 42.0. The van der Waals surface area contributed by atoms with Crippen LogP contribution in [0.15, 0.2) is 12.1 Å². The number of carbonyl (C=O) groups excluding carboxylic acids is 6. The highest BCUT2D eigenvalue weighted by Crippen LogP contribution is 2.43. The molecule has 2 aliphatic heterocycles. The fourth-order valence-electron chi connectivity index (χ4n) is 10.9. The third-order valence-electron chi connectivity index (χ3n) is 15.5. The summed E-state index contributed by atoms with van der Waals surface area (Å²) in [5.41, 5.74) is 0.200. The standard InChI is InChI=1S/C61H106N5O14P/c1-7-9-11-13-15-17-19-21-23-25-27-29-31-33-58(70)77-46-54(80-59(71)34-32-30-28-26-24-22-20-18-16-14-12-10-8-2)47-79-81(73,74)78-38-37-62-57(69)48-76-56-36-35-51-41-64(4)42-52(67)39-50-40-53(68)43-65(5)49-61(50,3)66(44-55(56)63-51)45-60(72)75-6/h35-36,50,54H,7-34,37-49H2,1-6H3,(H,62,69)(H,73,74)/t50-,54+,61?/m0/s1. The van der Waals surface area contributed by atoms with Gasteiger partial charge in [-0.25, -0.2) is 4.57 Å². The van der Waals surface area contributed by atoms with Crippen molar-refractivity contribution in [3.63, 3.8) is 0 Å². The van der Waals surface area contributed by atoms with Gasteiger partial charge in [-0.2, -0.15) is 0 Å². The molecule has 1 fully saturated rings. The molecular weight excluding hydrogens is 1060 g/mol. The van der Waals surface area contributed by atoms with E-state index in [4.69, 9.17) is 33.0 Å². The number of ether oxygens (including phenoxy) is 4. The molecule has 464 valence electrons. The van der Waals surface area contributed by atoms with E-state index in [0.29, 0.717) is 37.3 Å². The van der Waals surface area contributed by atoms with E-state index in [-0.39, 0.29) is 82.3 Å². The molecule has 0 saturated carbocycles. The lowest BCUT2D eigenvalue weighted by atomic mass is 9.77. The number of aromatic nitrogens is 1. The number of amides is 1. The lowest BCUT2D eigenvalue weighted by Gasteiger charge is -2.46. The zero-order valence-corrected chi connectivity index (χ0v) is 51.7. The Bertz CT molecular complexity index is 2030. The van der Waals surface area contributed by atoms with Gasteiger partial charge < -0.3 is 29.2 Å². The quantitative estimate of drug-likeness (QED) is 0.0268. The molecule has 2 N–H and O–H groups in total. The number of likely N-dealkylation sites (tertiary alicyclic amines) is 1. The van der Waals surface area contributed by atoms with Crippen molar-refractivity contribution in [2.45, 2.75) is 238 Å². The van der Waals surface area contributed by atoms with Gasteiger partial charge in [0.05, 0.1) is 51.3 Å². The molecule has 1 aromatic heterocycles. The Morgan fingerprint density at radius 2 is 1.19 bits per heavy atom. The summed E-state index contributed by atoms with van der Waals surface area (Å²) in [4.78, 5) is 99.5. The van der Waals surface area contributed by atoms with Crippen molar-refractivity contribution in [2.24, 2.45) is 5.92 Å². The molecule has 0 aliphatic carbocycles. The van der Waals surface area contributed by atoms with Gasteiger partial charge in [-0.15, -0.1) is 0 Å². The number of carbonyl (C=O) groups is 6. The number of methoxy groups -OCH3 is 1. The van der Waals surface area contributed by atoms with E-state index < -0.39 is 69.0 Å². The van der Waals surface area contributed by atoms with Crippen molar-refractivity contribution in [3.05, 3.63) is 23.5 Å². The number of likely N-dealkylation sites (N-methyl/N-ethyl adjacent to an activating group) is 2. The van der Waals surface area contributed by atoms with Crippen molar-refractivity contribution in [2.75, 3.05) is 80.4 Å². The number of esters is 3. The number of rotatable bonds is 43. The molecule has 4 atom stereocenters. The fraction of sp³-hybridized carbons (Fsp3) is 0.820. The number of unbranched alkanes of at least 4 members (excludes halogenated alkanes) is 24. The van der Waals surface area contributed by atoms with Crippen LogP contribution >= 0.6 is 7.82 Å². The van der Waals surface area contributed by atoms with E-state index in [1.165, 1.54) is 123 Å². The van der Waals surface area contributed by atoms with Gasteiger partial charge in [0.1, 0.15) is 23.9 Å². The van der Waals surface area contributed by atoms with Gasteiger partial charge in [-0.1, -0.05) is 168 Å². The number of nitrogens with one attached hydrogen (secondary N) is 1. The molecule has 20 heteroatoms. The Kier molecular flexibility index (Phi) is 37.1. The summed E-state index contributed by atoms with van der Waals surface area (Å²) in [6, 6.07) is 3.42. The molecule has 0 aromatic carbocycles. The number of phosphoric acid groups is 1. The Hall–Kier alpha value is -3.84. The van der Waals surface area contributed by atoms with Crippen LogP contribution in [0.3, 0.4) is 0 Å². The lowest BCUT2D eigenvalue weighted by molar-refractivity contribution is -0.161. The lowest BCUT2D eigenvalue weighted by Crippen LogP contribution is -2.58. The first-order valence-corrected chi connectivity index (χ1v) is 32.5. The fourth-order valence-corrected chi connectivity index (χ4v) is 11.6. The van der Waals surface area contributed by atoms with Crippen molar-refractivity contribution < 1.29 is 66.2 Å². The SMILES string of the molecule is CCCCCCCCCCCCCCCC(=O)OC[C@H](COP(=O)(O)OCCNC(=O)COc1ccc2nc1CN(CC(=O)OC)C1(C)CN(C)CC(=O)C[C@@H]1CC(=O)CN(C)C2)OC(=O)CCCCCCCCCCCCCCC. The first-order valence-electron chi connectivity index (χ1n) is 31.0. The van der Waals surface area contributed by atoms with Gasteiger partial charge in [-0.3, -0.25) is 57.5 Å². The maximum absolute atomic E-state index is 13.4. The molecule has 81 heavy (non-hydrogen) atoms. The normalized spacial score (nSPS) is 18.6. The summed E-state index contributed by atoms with van der Waals surface area (Å²) in [5.74, 6) is -2.24. The smallest absolute Gasteiger partial charge is 0.472 e. The summed E-state index contributed by atoms with van der Waals surface area (Å²) in [6.45, 7) is 5.35. The predicted molar refractivity (Wildman–Crippen MR) is 313 cm³/mol. The number of pyridine rings is 1. The molecule has 2 unspecified atom stereocenters. The van der Waals surface area contributed by atoms with Crippen LogP contribution in [0.1, 0.15) is 225 Å². The molecule has 3 heterocycles. The summed E-state index contributed by atoms with van der Waals surface area (Å²) in [6.07, 6.45) is 30.0. The molecule has 0 spiro atoms. The van der Waals surface area contributed by atoms with E-state index in [1.54, 1.807) is 12.1 Å². The van der Waals surface area contributed by atoms with Crippen LogP contribution in [-0.2, 0) is 69.7 Å². The Labute approximate surface area is 486 Å². The molecule has 1 saturated heterocycles. The van der Waals surface area contributed by atoms with Gasteiger partial charge in [0.25, 0.3) is 5.91 Å². The number of fused-ring (bicyclic) bond motifs is 3. The Balaban J connectivity index is 1.52. The average Bonchev–Trinajstić information content (AvgIpc) is 3.53. The highest BCUT2D eigenvalue weighted by atomic mass is 31.2. The molecule has 2 bridgehead atoms. The van der Waals surface area contributed by atoms with Gasteiger partial charge in [0, 0.05) is 57.4 Å². The van der Waals surface area contributed by atoms with Crippen molar-refractivity contribution in [1.29, 1.82) is 0 Å².